The molecule has 0 radical (unpaired) electrons. The lowest BCUT2D eigenvalue weighted by Gasteiger charge is -2.37. The van der Waals surface area contributed by atoms with E-state index in [9.17, 15) is 9.90 Å². The average molecular weight is 304 g/mol. The van der Waals surface area contributed by atoms with E-state index in [2.05, 4.69) is 31.4 Å². The first-order valence-electron chi connectivity index (χ1n) is 5.37. The van der Waals surface area contributed by atoms with E-state index >= 15 is 0 Å². The topological polar surface area (TPSA) is 87.2 Å². The first kappa shape index (κ1) is 12.5. The summed E-state index contributed by atoms with van der Waals surface area (Å²) in [6.07, 6.45) is 2.92. The van der Waals surface area contributed by atoms with Crippen LogP contribution in [-0.2, 0) is 4.74 Å². The molecule has 0 unspecified atom stereocenters. The minimum Gasteiger partial charge on any atom is -0.394 e. The third kappa shape index (κ3) is 2.67. The third-order valence-corrected chi connectivity index (χ3v) is 3.74. The number of aromatic amines is 1. The number of hydrogen-bond donors (Lipinski definition) is 3. The fourth-order valence-corrected chi connectivity index (χ4v) is 2.13. The molecule has 3 N–H and O–H groups in total. The molecular formula is C10H14BrN3O3. The SMILES string of the molecule is O=c1[nH]ncc(NC2(CO)CCOCC2)c1Br. The van der Waals surface area contributed by atoms with Crippen LogP contribution < -0.4 is 10.9 Å². The summed E-state index contributed by atoms with van der Waals surface area (Å²) < 4.78 is 5.67. The van der Waals surface area contributed by atoms with Crippen LogP contribution in [0.3, 0.4) is 0 Å². The summed E-state index contributed by atoms with van der Waals surface area (Å²) >= 11 is 3.20. The molecule has 0 bridgehead atoms. The first-order chi connectivity index (χ1) is 8.17. The lowest BCUT2D eigenvalue weighted by atomic mass is 9.91. The minimum atomic E-state index is -0.434. The predicted molar refractivity (Wildman–Crippen MR) is 66.1 cm³/mol. The second-order valence-electron chi connectivity index (χ2n) is 4.10. The van der Waals surface area contributed by atoms with Crippen molar-refractivity contribution in [3.05, 3.63) is 21.0 Å². The minimum absolute atomic E-state index is 0.00437. The maximum Gasteiger partial charge on any atom is 0.280 e. The van der Waals surface area contributed by atoms with Crippen molar-refractivity contribution in [1.82, 2.24) is 10.2 Å². The van der Waals surface area contributed by atoms with Gasteiger partial charge in [-0.05, 0) is 28.8 Å². The Morgan fingerprint density at radius 3 is 2.94 bits per heavy atom. The van der Waals surface area contributed by atoms with Crippen molar-refractivity contribution < 1.29 is 9.84 Å². The van der Waals surface area contributed by atoms with Crippen LogP contribution in [0.25, 0.3) is 0 Å². The van der Waals surface area contributed by atoms with Crippen molar-refractivity contribution in [2.45, 2.75) is 18.4 Å². The molecule has 0 saturated carbocycles. The van der Waals surface area contributed by atoms with Crippen LogP contribution in [0.2, 0.25) is 0 Å². The number of halogens is 1. The van der Waals surface area contributed by atoms with E-state index in [1.54, 1.807) is 0 Å². The van der Waals surface area contributed by atoms with Crippen LogP contribution in [0.1, 0.15) is 12.8 Å². The highest BCUT2D eigenvalue weighted by molar-refractivity contribution is 9.10. The van der Waals surface area contributed by atoms with Crippen LogP contribution in [0.15, 0.2) is 15.5 Å². The van der Waals surface area contributed by atoms with Gasteiger partial charge in [-0.15, -0.1) is 0 Å². The molecule has 2 rings (SSSR count). The number of H-pyrrole nitrogens is 1. The van der Waals surface area contributed by atoms with E-state index < -0.39 is 5.54 Å². The van der Waals surface area contributed by atoms with Crippen LogP contribution in [-0.4, -0.2) is 40.7 Å². The molecule has 0 atom stereocenters. The van der Waals surface area contributed by atoms with Crippen molar-refractivity contribution in [3.8, 4) is 0 Å². The van der Waals surface area contributed by atoms with E-state index in [0.717, 1.165) is 0 Å². The highest BCUT2D eigenvalue weighted by Gasteiger charge is 2.32. The second kappa shape index (κ2) is 5.16. The fraction of sp³-hybridized carbons (Fsp3) is 0.600. The molecule has 0 spiro atoms. The van der Waals surface area contributed by atoms with Crippen LogP contribution >= 0.6 is 15.9 Å². The van der Waals surface area contributed by atoms with Crippen molar-refractivity contribution in [2.75, 3.05) is 25.1 Å². The number of aliphatic hydroxyl groups excluding tert-OH is 1. The zero-order valence-electron chi connectivity index (χ0n) is 9.20. The lowest BCUT2D eigenvalue weighted by molar-refractivity contribution is 0.0379. The second-order valence-corrected chi connectivity index (χ2v) is 4.90. The molecule has 6 nitrogen and oxygen atoms in total. The van der Waals surface area contributed by atoms with Gasteiger partial charge in [0, 0.05) is 13.2 Å². The van der Waals surface area contributed by atoms with E-state index in [-0.39, 0.29) is 12.2 Å². The van der Waals surface area contributed by atoms with Gasteiger partial charge >= 0.3 is 0 Å². The number of ether oxygens (including phenoxy) is 1. The monoisotopic (exact) mass is 303 g/mol. The Bertz CT molecular complexity index is 443. The molecule has 7 heteroatoms. The van der Waals surface area contributed by atoms with Gasteiger partial charge in [0.25, 0.3) is 5.56 Å². The van der Waals surface area contributed by atoms with Crippen LogP contribution in [0.4, 0.5) is 5.69 Å². The number of nitrogens with zero attached hydrogens (tertiary/aromatic N) is 1. The first-order valence-corrected chi connectivity index (χ1v) is 6.16. The van der Waals surface area contributed by atoms with Gasteiger partial charge in [0.2, 0.25) is 0 Å². The molecule has 0 aromatic carbocycles. The molecule has 1 aromatic heterocycles. The van der Waals surface area contributed by atoms with E-state index in [4.69, 9.17) is 4.74 Å². The zero-order chi connectivity index (χ0) is 12.3. The van der Waals surface area contributed by atoms with Crippen molar-refractivity contribution in [2.24, 2.45) is 0 Å². The number of rotatable bonds is 3. The summed E-state index contributed by atoms with van der Waals surface area (Å²) in [5.74, 6) is 0. The van der Waals surface area contributed by atoms with Crippen molar-refractivity contribution >= 4 is 21.6 Å². The van der Waals surface area contributed by atoms with Gasteiger partial charge in [0.15, 0.2) is 0 Å². The number of aromatic nitrogens is 2. The third-order valence-electron chi connectivity index (χ3n) is 2.95. The summed E-state index contributed by atoms with van der Waals surface area (Å²) in [4.78, 5) is 11.4. The van der Waals surface area contributed by atoms with E-state index in [1.165, 1.54) is 6.20 Å². The quantitative estimate of drug-likeness (QED) is 0.756. The molecular weight excluding hydrogens is 290 g/mol. The average Bonchev–Trinajstić information content (AvgIpc) is 2.36. The zero-order valence-corrected chi connectivity index (χ0v) is 10.8. The number of anilines is 1. The van der Waals surface area contributed by atoms with Gasteiger partial charge in [-0.2, -0.15) is 5.10 Å². The molecule has 1 aliphatic rings. The summed E-state index contributed by atoms with van der Waals surface area (Å²) in [7, 11) is 0. The van der Waals surface area contributed by atoms with Gasteiger partial charge in [0.05, 0.1) is 24.0 Å². The standard InChI is InChI=1S/C10H14BrN3O3/c11-8-7(5-12-14-9(8)16)13-10(6-15)1-3-17-4-2-10/h5,15H,1-4,6H2,(H2,13,14,16). The highest BCUT2D eigenvalue weighted by Crippen LogP contribution is 2.27. The Balaban J connectivity index is 2.23. The molecule has 2 heterocycles. The number of aliphatic hydroxyl groups is 1. The fourth-order valence-electron chi connectivity index (χ4n) is 1.84. The Morgan fingerprint density at radius 1 is 1.59 bits per heavy atom. The maximum atomic E-state index is 11.4. The van der Waals surface area contributed by atoms with Crippen LogP contribution in [0, 0.1) is 0 Å². The molecule has 1 aliphatic heterocycles. The molecule has 0 amide bonds. The normalized spacial score (nSPS) is 18.9. The van der Waals surface area contributed by atoms with Gasteiger partial charge in [-0.3, -0.25) is 4.79 Å². The summed E-state index contributed by atoms with van der Waals surface area (Å²) in [6, 6.07) is 0. The van der Waals surface area contributed by atoms with E-state index in [0.29, 0.717) is 36.2 Å². The summed E-state index contributed by atoms with van der Waals surface area (Å²) in [5, 5.41) is 18.8. The molecule has 1 fully saturated rings. The maximum absolute atomic E-state index is 11.4. The van der Waals surface area contributed by atoms with Gasteiger partial charge in [-0.25, -0.2) is 5.10 Å². The molecule has 17 heavy (non-hydrogen) atoms. The smallest absolute Gasteiger partial charge is 0.280 e. The Morgan fingerprint density at radius 2 is 2.29 bits per heavy atom. The number of hydrogen-bond acceptors (Lipinski definition) is 5. The van der Waals surface area contributed by atoms with Gasteiger partial charge in [0.1, 0.15) is 4.47 Å². The Labute approximate surface area is 107 Å². The summed E-state index contributed by atoms with van der Waals surface area (Å²) in [5.41, 5.74) is -0.143. The van der Waals surface area contributed by atoms with Crippen molar-refractivity contribution in [3.63, 3.8) is 0 Å². The summed E-state index contributed by atoms with van der Waals surface area (Å²) in [6.45, 7) is 1.19. The molecule has 94 valence electrons. The van der Waals surface area contributed by atoms with Crippen LogP contribution in [0.5, 0.6) is 0 Å². The van der Waals surface area contributed by atoms with Gasteiger partial charge < -0.3 is 15.2 Å². The number of nitrogens with one attached hydrogen (secondary N) is 2. The highest BCUT2D eigenvalue weighted by atomic mass is 79.9. The Hall–Kier alpha value is -0.920. The Kier molecular flexibility index (Phi) is 3.80. The van der Waals surface area contributed by atoms with E-state index in [1.807, 2.05) is 0 Å². The molecule has 1 aromatic rings. The van der Waals surface area contributed by atoms with Crippen molar-refractivity contribution in [1.29, 1.82) is 0 Å². The molecule has 0 aliphatic carbocycles. The predicted octanol–water partition coefficient (Wildman–Crippen LogP) is 0.486. The van der Waals surface area contributed by atoms with Gasteiger partial charge in [-0.1, -0.05) is 0 Å². The molecule has 1 saturated heterocycles. The largest absolute Gasteiger partial charge is 0.394 e. The lowest BCUT2D eigenvalue weighted by Crippen LogP contribution is -2.47.